The molecule has 1 atom stereocenters. The molecule has 1 unspecified atom stereocenters. The highest BCUT2D eigenvalue weighted by Gasteiger charge is 2.05. The average molecular weight is 144 g/mol. The number of allylic oxidation sites excluding steroid dienone is 2. The van der Waals surface area contributed by atoms with E-state index in [1.54, 1.807) is 18.2 Å². The van der Waals surface area contributed by atoms with Gasteiger partial charge in [-0.05, 0) is 12.5 Å². The van der Waals surface area contributed by atoms with Gasteiger partial charge in [0.2, 0.25) is 0 Å². The molecule has 9 heavy (non-hydrogen) atoms. The van der Waals surface area contributed by atoms with Gasteiger partial charge in [-0.25, -0.2) is 0 Å². The number of hydrogen-bond acceptors (Lipinski definition) is 2. The lowest BCUT2D eigenvalue weighted by Crippen LogP contribution is -1.99. The van der Waals surface area contributed by atoms with Crippen molar-refractivity contribution in [2.75, 3.05) is 0 Å². The minimum atomic E-state index is -0.201. The molecule has 0 saturated heterocycles. The second kappa shape index (κ2) is 2.78. The minimum Gasteiger partial charge on any atom is -0.150 e. The standard InChI is InChI=1S/C6H6ClNO/c7-5-1-3-6(8-9)4-2-5/h1-3,6H,4H2. The van der Waals surface area contributed by atoms with Gasteiger partial charge in [0.1, 0.15) is 6.04 Å². The largest absolute Gasteiger partial charge is 0.150 e. The van der Waals surface area contributed by atoms with Crippen LogP contribution >= 0.6 is 11.6 Å². The molecule has 0 aromatic rings. The third-order valence-electron chi connectivity index (χ3n) is 1.17. The normalized spacial score (nSPS) is 25.4. The summed E-state index contributed by atoms with van der Waals surface area (Å²) in [5.41, 5.74) is 0. The van der Waals surface area contributed by atoms with Crippen LogP contribution in [-0.2, 0) is 0 Å². The molecule has 0 radical (unpaired) electrons. The first-order valence-electron chi connectivity index (χ1n) is 2.69. The zero-order chi connectivity index (χ0) is 6.69. The lowest BCUT2D eigenvalue weighted by atomic mass is 10.1. The molecule has 0 N–H and O–H groups in total. The predicted octanol–water partition coefficient (Wildman–Crippen LogP) is 2.20. The summed E-state index contributed by atoms with van der Waals surface area (Å²) >= 11 is 5.57. The van der Waals surface area contributed by atoms with E-state index in [4.69, 9.17) is 11.6 Å². The first kappa shape index (κ1) is 6.49. The zero-order valence-corrected chi connectivity index (χ0v) is 5.51. The fraction of sp³-hybridized carbons (Fsp3) is 0.333. The van der Waals surface area contributed by atoms with Crippen molar-refractivity contribution in [2.24, 2.45) is 5.18 Å². The molecular formula is C6H6ClNO. The molecule has 0 amide bonds. The van der Waals surface area contributed by atoms with Crippen LogP contribution in [0.3, 0.4) is 0 Å². The monoisotopic (exact) mass is 143 g/mol. The molecule has 0 bridgehead atoms. The minimum absolute atomic E-state index is 0.201. The second-order valence-electron chi connectivity index (χ2n) is 1.86. The molecule has 0 aliphatic heterocycles. The van der Waals surface area contributed by atoms with E-state index < -0.39 is 0 Å². The fourth-order valence-electron chi connectivity index (χ4n) is 0.661. The first-order valence-corrected chi connectivity index (χ1v) is 3.07. The molecule has 0 fully saturated rings. The van der Waals surface area contributed by atoms with Crippen molar-refractivity contribution < 1.29 is 0 Å². The smallest absolute Gasteiger partial charge is 0.114 e. The Hall–Kier alpha value is -0.630. The quantitative estimate of drug-likeness (QED) is 0.518. The van der Waals surface area contributed by atoms with Crippen molar-refractivity contribution in [3.8, 4) is 0 Å². The molecule has 1 aliphatic rings. The molecule has 0 spiro atoms. The fourth-order valence-corrected chi connectivity index (χ4v) is 0.823. The van der Waals surface area contributed by atoms with E-state index in [0.29, 0.717) is 11.5 Å². The second-order valence-corrected chi connectivity index (χ2v) is 2.29. The van der Waals surface area contributed by atoms with Gasteiger partial charge in [-0.2, -0.15) is 4.91 Å². The Morgan fingerprint density at radius 3 is 3.00 bits per heavy atom. The van der Waals surface area contributed by atoms with E-state index in [2.05, 4.69) is 5.18 Å². The van der Waals surface area contributed by atoms with Crippen molar-refractivity contribution in [3.63, 3.8) is 0 Å². The molecule has 2 nitrogen and oxygen atoms in total. The van der Waals surface area contributed by atoms with Crippen LogP contribution in [0.25, 0.3) is 0 Å². The maximum absolute atomic E-state index is 9.89. The Morgan fingerprint density at radius 1 is 1.78 bits per heavy atom. The number of nitroso groups, excluding NO2 is 1. The van der Waals surface area contributed by atoms with Gasteiger partial charge in [-0.1, -0.05) is 28.9 Å². The van der Waals surface area contributed by atoms with E-state index in [1.807, 2.05) is 0 Å². The maximum Gasteiger partial charge on any atom is 0.114 e. The predicted molar refractivity (Wildman–Crippen MR) is 37.3 cm³/mol. The van der Waals surface area contributed by atoms with Crippen LogP contribution in [-0.4, -0.2) is 6.04 Å². The summed E-state index contributed by atoms with van der Waals surface area (Å²) in [7, 11) is 0. The number of halogens is 1. The third-order valence-corrected chi connectivity index (χ3v) is 1.45. The van der Waals surface area contributed by atoms with Crippen molar-refractivity contribution in [1.82, 2.24) is 0 Å². The Morgan fingerprint density at radius 2 is 2.56 bits per heavy atom. The summed E-state index contributed by atoms with van der Waals surface area (Å²) < 4.78 is 0. The lowest BCUT2D eigenvalue weighted by molar-refractivity contribution is 0.818. The van der Waals surface area contributed by atoms with E-state index in [-0.39, 0.29) is 6.04 Å². The summed E-state index contributed by atoms with van der Waals surface area (Å²) in [6, 6.07) is -0.201. The molecule has 3 heteroatoms. The number of nitrogens with zero attached hydrogens (tertiary/aromatic N) is 1. The van der Waals surface area contributed by atoms with E-state index >= 15 is 0 Å². The molecular weight excluding hydrogens is 138 g/mol. The lowest BCUT2D eigenvalue weighted by Gasteiger charge is -2.03. The van der Waals surface area contributed by atoms with Crippen molar-refractivity contribution in [3.05, 3.63) is 28.2 Å². The van der Waals surface area contributed by atoms with Gasteiger partial charge in [0.15, 0.2) is 0 Å². The summed E-state index contributed by atoms with van der Waals surface area (Å²) in [6.07, 6.45) is 5.82. The van der Waals surface area contributed by atoms with Crippen LogP contribution in [0.4, 0.5) is 0 Å². The Kier molecular flexibility index (Phi) is 2.01. The van der Waals surface area contributed by atoms with Crippen LogP contribution < -0.4 is 0 Å². The molecule has 0 aromatic carbocycles. The van der Waals surface area contributed by atoms with Crippen LogP contribution in [0.15, 0.2) is 28.4 Å². The molecule has 0 heterocycles. The first-order chi connectivity index (χ1) is 4.33. The van der Waals surface area contributed by atoms with Crippen molar-refractivity contribution >= 4 is 11.6 Å². The Labute approximate surface area is 58.2 Å². The molecule has 0 aromatic heterocycles. The van der Waals surface area contributed by atoms with Gasteiger partial charge in [-0.15, -0.1) is 0 Å². The SMILES string of the molecule is O=NC1C=CC(Cl)=CC1. The third kappa shape index (κ3) is 1.64. The zero-order valence-electron chi connectivity index (χ0n) is 4.75. The van der Waals surface area contributed by atoms with E-state index in [1.165, 1.54) is 0 Å². The van der Waals surface area contributed by atoms with Crippen LogP contribution in [0.1, 0.15) is 6.42 Å². The van der Waals surface area contributed by atoms with E-state index in [9.17, 15) is 4.91 Å². The number of hydrogen-bond donors (Lipinski definition) is 0. The molecule has 1 rings (SSSR count). The van der Waals surface area contributed by atoms with Gasteiger partial charge in [-0.3, -0.25) is 0 Å². The summed E-state index contributed by atoms with van der Waals surface area (Å²) in [5.74, 6) is 0. The van der Waals surface area contributed by atoms with Gasteiger partial charge < -0.3 is 0 Å². The molecule has 1 aliphatic carbocycles. The average Bonchev–Trinajstić information content (AvgIpc) is 1.90. The topological polar surface area (TPSA) is 29.4 Å². The van der Waals surface area contributed by atoms with Crippen LogP contribution in [0, 0.1) is 4.91 Å². The van der Waals surface area contributed by atoms with Gasteiger partial charge >= 0.3 is 0 Å². The summed E-state index contributed by atoms with van der Waals surface area (Å²) in [6.45, 7) is 0. The van der Waals surface area contributed by atoms with Crippen LogP contribution in [0.5, 0.6) is 0 Å². The van der Waals surface area contributed by atoms with Crippen molar-refractivity contribution in [1.29, 1.82) is 0 Å². The van der Waals surface area contributed by atoms with Gasteiger partial charge in [0, 0.05) is 5.03 Å². The summed E-state index contributed by atoms with van der Waals surface area (Å²) in [5, 5.41) is 3.53. The van der Waals surface area contributed by atoms with E-state index in [0.717, 1.165) is 0 Å². The number of rotatable bonds is 1. The maximum atomic E-state index is 9.89. The Bertz CT molecular complexity index is 174. The van der Waals surface area contributed by atoms with Gasteiger partial charge in [0.05, 0.1) is 0 Å². The summed E-state index contributed by atoms with van der Waals surface area (Å²) in [4.78, 5) is 9.89. The molecule has 48 valence electrons. The highest BCUT2D eigenvalue weighted by molar-refractivity contribution is 6.31. The molecule has 0 saturated carbocycles. The van der Waals surface area contributed by atoms with Crippen molar-refractivity contribution in [2.45, 2.75) is 12.5 Å². The van der Waals surface area contributed by atoms with Gasteiger partial charge in [0.25, 0.3) is 0 Å². The highest BCUT2D eigenvalue weighted by atomic mass is 35.5. The van der Waals surface area contributed by atoms with Crippen LogP contribution in [0.2, 0.25) is 0 Å². The highest BCUT2D eigenvalue weighted by Crippen LogP contribution is 2.15. The Balaban J connectivity index is 2.58.